The van der Waals surface area contributed by atoms with Gasteiger partial charge in [-0.15, -0.1) is 11.3 Å². The zero-order chi connectivity index (χ0) is 20.6. The molecule has 0 saturated heterocycles. The van der Waals surface area contributed by atoms with E-state index in [1.54, 1.807) is 41.8 Å². The predicted octanol–water partition coefficient (Wildman–Crippen LogP) is 3.38. The summed E-state index contributed by atoms with van der Waals surface area (Å²) in [5, 5.41) is 13.5. The number of halogens is 1. The molecule has 1 amide bonds. The lowest BCUT2D eigenvalue weighted by Crippen LogP contribution is -2.23. The highest BCUT2D eigenvalue weighted by Gasteiger charge is 2.12. The van der Waals surface area contributed by atoms with Crippen LogP contribution in [0.4, 0.5) is 9.52 Å². The average molecular weight is 411 g/mol. The van der Waals surface area contributed by atoms with Crippen LogP contribution in [-0.4, -0.2) is 30.1 Å². The minimum absolute atomic E-state index is 0.257. The number of hydrogen-bond donors (Lipinski definition) is 1. The van der Waals surface area contributed by atoms with Crippen molar-refractivity contribution in [3.63, 3.8) is 0 Å². The fraction of sp³-hybridized carbons (Fsp3) is 0.100. The van der Waals surface area contributed by atoms with Gasteiger partial charge in [0, 0.05) is 10.9 Å². The smallest absolute Gasteiger partial charge is 0.344 e. The van der Waals surface area contributed by atoms with Crippen molar-refractivity contribution in [3.8, 4) is 23.1 Å². The molecular formula is C20H14FN3O4S. The highest BCUT2D eigenvalue weighted by atomic mass is 32.1. The second-order valence-corrected chi connectivity index (χ2v) is 6.51. The molecule has 0 spiro atoms. The van der Waals surface area contributed by atoms with Gasteiger partial charge in [-0.2, -0.15) is 5.26 Å². The first-order valence-corrected chi connectivity index (χ1v) is 9.22. The number of nitrogens with zero attached hydrogens (tertiary/aromatic N) is 2. The summed E-state index contributed by atoms with van der Waals surface area (Å²) < 4.78 is 23.1. The summed E-state index contributed by atoms with van der Waals surface area (Å²) in [7, 11) is 0. The number of rotatable bonds is 7. The van der Waals surface area contributed by atoms with Gasteiger partial charge in [-0.3, -0.25) is 10.1 Å². The SMILES string of the molecule is N#Cc1ccccc1OCC(=O)OCC(=O)Nc1nc(-c2ccc(F)cc2)cs1. The number of aromatic nitrogens is 1. The average Bonchev–Trinajstić information content (AvgIpc) is 3.19. The van der Waals surface area contributed by atoms with Crippen LogP contribution in [0.3, 0.4) is 0 Å². The molecule has 0 atom stereocenters. The number of anilines is 1. The largest absolute Gasteiger partial charge is 0.481 e. The van der Waals surface area contributed by atoms with Crippen LogP contribution in [-0.2, 0) is 14.3 Å². The highest BCUT2D eigenvalue weighted by molar-refractivity contribution is 7.14. The maximum atomic E-state index is 13.0. The van der Waals surface area contributed by atoms with Crippen molar-refractivity contribution in [1.82, 2.24) is 4.98 Å². The first-order valence-electron chi connectivity index (χ1n) is 8.34. The van der Waals surface area contributed by atoms with E-state index in [0.717, 1.165) is 0 Å². The van der Waals surface area contributed by atoms with E-state index in [1.165, 1.54) is 23.5 Å². The third-order valence-electron chi connectivity index (χ3n) is 3.61. The van der Waals surface area contributed by atoms with E-state index < -0.39 is 25.1 Å². The van der Waals surface area contributed by atoms with Crippen molar-refractivity contribution < 1.29 is 23.5 Å². The number of esters is 1. The number of amides is 1. The summed E-state index contributed by atoms with van der Waals surface area (Å²) in [6.45, 7) is -0.939. The first kappa shape index (κ1) is 20.0. The topological polar surface area (TPSA) is 101 Å². The second-order valence-electron chi connectivity index (χ2n) is 5.65. The molecule has 3 rings (SSSR count). The molecule has 29 heavy (non-hydrogen) atoms. The van der Waals surface area contributed by atoms with Gasteiger partial charge in [-0.05, 0) is 36.4 Å². The summed E-state index contributed by atoms with van der Waals surface area (Å²) in [6.07, 6.45) is 0. The Kier molecular flexibility index (Phi) is 6.50. The van der Waals surface area contributed by atoms with Gasteiger partial charge in [0.25, 0.3) is 5.91 Å². The molecule has 3 aromatic rings. The summed E-state index contributed by atoms with van der Waals surface area (Å²) in [5.41, 5.74) is 1.59. The minimum Gasteiger partial charge on any atom is -0.481 e. The number of ether oxygens (including phenoxy) is 2. The van der Waals surface area contributed by atoms with Crippen LogP contribution < -0.4 is 10.1 Å². The van der Waals surface area contributed by atoms with Crippen LogP contribution in [0.25, 0.3) is 11.3 Å². The number of para-hydroxylation sites is 1. The lowest BCUT2D eigenvalue weighted by molar-refractivity contribution is -0.149. The molecule has 0 aliphatic heterocycles. The van der Waals surface area contributed by atoms with Gasteiger partial charge in [0.05, 0.1) is 11.3 Å². The first-order chi connectivity index (χ1) is 14.0. The molecule has 7 nitrogen and oxygen atoms in total. The monoisotopic (exact) mass is 411 g/mol. The maximum absolute atomic E-state index is 13.0. The van der Waals surface area contributed by atoms with Crippen molar-refractivity contribution in [1.29, 1.82) is 5.26 Å². The van der Waals surface area contributed by atoms with Crippen molar-refractivity contribution in [2.24, 2.45) is 0 Å². The minimum atomic E-state index is -0.751. The van der Waals surface area contributed by atoms with Gasteiger partial charge in [-0.1, -0.05) is 12.1 Å². The van der Waals surface area contributed by atoms with E-state index in [4.69, 9.17) is 14.7 Å². The van der Waals surface area contributed by atoms with E-state index in [2.05, 4.69) is 10.3 Å². The summed E-state index contributed by atoms with van der Waals surface area (Å²) in [4.78, 5) is 27.9. The molecule has 1 N–H and O–H groups in total. The predicted molar refractivity (Wildman–Crippen MR) is 104 cm³/mol. The zero-order valence-corrected chi connectivity index (χ0v) is 15.7. The lowest BCUT2D eigenvalue weighted by Gasteiger charge is -2.07. The maximum Gasteiger partial charge on any atom is 0.344 e. The summed E-state index contributed by atoms with van der Waals surface area (Å²) >= 11 is 1.19. The highest BCUT2D eigenvalue weighted by Crippen LogP contribution is 2.25. The standard InChI is InChI=1S/C20H14FN3O4S/c21-15-7-5-13(6-8-15)16-12-29-20(23-16)24-18(25)10-28-19(26)11-27-17-4-2-1-3-14(17)9-22/h1-8,12H,10-11H2,(H,23,24,25). The van der Waals surface area contributed by atoms with E-state index in [0.29, 0.717) is 22.0 Å². The van der Waals surface area contributed by atoms with Gasteiger partial charge >= 0.3 is 5.97 Å². The molecule has 2 aromatic carbocycles. The van der Waals surface area contributed by atoms with E-state index in [9.17, 15) is 14.0 Å². The Balaban J connectivity index is 1.46. The Morgan fingerprint density at radius 2 is 1.90 bits per heavy atom. The van der Waals surface area contributed by atoms with Crippen LogP contribution in [0.1, 0.15) is 5.56 Å². The number of nitrogens with one attached hydrogen (secondary N) is 1. The van der Waals surface area contributed by atoms with Crippen molar-refractivity contribution in [3.05, 3.63) is 65.3 Å². The van der Waals surface area contributed by atoms with Crippen molar-refractivity contribution >= 4 is 28.3 Å². The van der Waals surface area contributed by atoms with Gasteiger partial charge in [0.15, 0.2) is 18.3 Å². The molecule has 1 heterocycles. The third kappa shape index (κ3) is 5.60. The van der Waals surface area contributed by atoms with Gasteiger partial charge < -0.3 is 9.47 Å². The van der Waals surface area contributed by atoms with Crippen LogP contribution in [0, 0.1) is 17.1 Å². The second kappa shape index (κ2) is 9.43. The molecule has 0 aliphatic rings. The van der Waals surface area contributed by atoms with Gasteiger partial charge in [0.1, 0.15) is 17.6 Å². The molecule has 0 bridgehead atoms. The third-order valence-corrected chi connectivity index (χ3v) is 4.37. The van der Waals surface area contributed by atoms with Crippen molar-refractivity contribution in [2.75, 3.05) is 18.5 Å². The van der Waals surface area contributed by atoms with Crippen LogP contribution >= 0.6 is 11.3 Å². The fourth-order valence-corrected chi connectivity index (χ4v) is 2.98. The molecule has 1 aromatic heterocycles. The van der Waals surface area contributed by atoms with Crippen LogP contribution in [0.15, 0.2) is 53.9 Å². The van der Waals surface area contributed by atoms with Crippen LogP contribution in [0.5, 0.6) is 5.75 Å². The molecule has 0 aliphatic carbocycles. The van der Waals surface area contributed by atoms with E-state index in [1.807, 2.05) is 6.07 Å². The molecule has 146 valence electrons. The summed E-state index contributed by atoms with van der Waals surface area (Å²) in [5.74, 6) is -1.40. The quantitative estimate of drug-likeness (QED) is 0.598. The number of carbonyl (C=O) groups is 2. The fourth-order valence-electron chi connectivity index (χ4n) is 2.25. The Morgan fingerprint density at radius 1 is 1.14 bits per heavy atom. The lowest BCUT2D eigenvalue weighted by atomic mass is 10.2. The van der Waals surface area contributed by atoms with Gasteiger partial charge in [-0.25, -0.2) is 14.2 Å². The Labute approximate surface area is 169 Å². The van der Waals surface area contributed by atoms with E-state index in [-0.39, 0.29) is 11.6 Å². The molecular weight excluding hydrogens is 397 g/mol. The van der Waals surface area contributed by atoms with E-state index >= 15 is 0 Å². The molecule has 0 radical (unpaired) electrons. The molecule has 9 heteroatoms. The Bertz CT molecular complexity index is 1060. The number of benzene rings is 2. The number of nitriles is 1. The summed E-state index contributed by atoms with van der Waals surface area (Å²) in [6, 6.07) is 14.2. The zero-order valence-electron chi connectivity index (χ0n) is 14.9. The van der Waals surface area contributed by atoms with Crippen molar-refractivity contribution in [2.45, 2.75) is 0 Å². The number of hydrogen-bond acceptors (Lipinski definition) is 7. The van der Waals surface area contributed by atoms with Crippen LogP contribution in [0.2, 0.25) is 0 Å². The Morgan fingerprint density at radius 3 is 2.66 bits per heavy atom. The number of thiazole rings is 1. The van der Waals surface area contributed by atoms with Gasteiger partial charge in [0.2, 0.25) is 0 Å². The number of carbonyl (C=O) groups excluding carboxylic acids is 2. The molecule has 0 saturated carbocycles. The molecule has 0 fully saturated rings. The normalized spacial score (nSPS) is 10.1. The Hall–Kier alpha value is -3.77. The molecule has 0 unspecified atom stereocenters.